The van der Waals surface area contributed by atoms with E-state index < -0.39 is 0 Å². The van der Waals surface area contributed by atoms with Crippen LogP contribution in [0.25, 0.3) is 22.4 Å². The summed E-state index contributed by atoms with van der Waals surface area (Å²) in [6, 6.07) is 17.6. The molecule has 0 fully saturated rings. The Bertz CT molecular complexity index is 1290. The second-order valence-corrected chi connectivity index (χ2v) is 8.58. The molecule has 0 bridgehead atoms. The minimum Gasteiger partial charge on any atom is -0.356 e. The van der Waals surface area contributed by atoms with Crippen molar-refractivity contribution >= 4 is 16.9 Å². The zero-order valence-corrected chi connectivity index (χ0v) is 18.4. The smallest absolute Gasteiger partial charge is 0.254 e. The lowest BCUT2D eigenvalue weighted by molar-refractivity contribution is -0.125. The molecular formula is C26H27N5O2. The summed E-state index contributed by atoms with van der Waals surface area (Å²) >= 11 is 0. The van der Waals surface area contributed by atoms with E-state index in [1.807, 2.05) is 54.6 Å². The van der Waals surface area contributed by atoms with Crippen LogP contribution in [0.4, 0.5) is 0 Å². The standard InChI is InChI=1S/C26H27N5O2/c32-25(27-16-6-11-23-28-21-9-4-5-10-22(21)29-23)18-12-14-19-20(15-13-18)30-24(31-26(19)33)17-7-2-1-3-8-17/h1-5,7-10,18H,6,11-16H2,(H,27,32)(H,28,29)(H,30,31,33). The normalized spacial score (nSPS) is 15.7. The summed E-state index contributed by atoms with van der Waals surface area (Å²) in [5, 5.41) is 3.08. The number of aromatic amines is 2. The monoisotopic (exact) mass is 441 g/mol. The Labute approximate surface area is 191 Å². The predicted molar refractivity (Wildman–Crippen MR) is 128 cm³/mol. The summed E-state index contributed by atoms with van der Waals surface area (Å²) in [5.41, 5.74) is 4.33. The van der Waals surface area contributed by atoms with Crippen LogP contribution in [0, 0.1) is 5.92 Å². The Morgan fingerprint density at radius 1 is 0.970 bits per heavy atom. The summed E-state index contributed by atoms with van der Waals surface area (Å²) in [6.45, 7) is 0.607. The van der Waals surface area contributed by atoms with Crippen LogP contribution in [0.2, 0.25) is 0 Å². The van der Waals surface area contributed by atoms with E-state index >= 15 is 0 Å². The molecule has 1 unspecified atom stereocenters. The molecule has 1 aliphatic carbocycles. The lowest BCUT2D eigenvalue weighted by atomic mass is 9.99. The molecule has 2 aromatic heterocycles. The quantitative estimate of drug-likeness (QED) is 0.314. The number of carbonyl (C=O) groups is 1. The second kappa shape index (κ2) is 9.40. The molecule has 0 radical (unpaired) electrons. The number of para-hydroxylation sites is 2. The van der Waals surface area contributed by atoms with Crippen LogP contribution in [0.1, 0.15) is 36.3 Å². The van der Waals surface area contributed by atoms with Crippen molar-refractivity contribution in [2.45, 2.75) is 38.5 Å². The van der Waals surface area contributed by atoms with Gasteiger partial charge in [-0.3, -0.25) is 9.59 Å². The van der Waals surface area contributed by atoms with Gasteiger partial charge in [0.2, 0.25) is 5.91 Å². The Morgan fingerprint density at radius 3 is 2.61 bits per heavy atom. The van der Waals surface area contributed by atoms with E-state index in [1.165, 1.54) is 0 Å². The number of aromatic nitrogens is 4. The first-order valence-electron chi connectivity index (χ1n) is 11.6. The molecule has 1 atom stereocenters. The zero-order valence-electron chi connectivity index (χ0n) is 18.4. The number of aryl methyl sites for hydroxylation is 2. The maximum atomic E-state index is 12.8. The van der Waals surface area contributed by atoms with Crippen molar-refractivity contribution in [1.82, 2.24) is 25.3 Å². The molecule has 1 aliphatic rings. The number of rotatable bonds is 6. The number of hydrogen-bond acceptors (Lipinski definition) is 4. The number of fused-ring (bicyclic) bond motifs is 2. The van der Waals surface area contributed by atoms with Gasteiger partial charge in [-0.25, -0.2) is 9.97 Å². The highest BCUT2D eigenvalue weighted by molar-refractivity contribution is 5.78. The number of nitrogens with one attached hydrogen (secondary N) is 3. The molecular weight excluding hydrogens is 414 g/mol. The first-order chi connectivity index (χ1) is 16.2. The van der Waals surface area contributed by atoms with Gasteiger partial charge in [-0.15, -0.1) is 0 Å². The molecule has 1 amide bonds. The minimum absolute atomic E-state index is 0.0622. The summed E-state index contributed by atoms with van der Waals surface area (Å²) in [7, 11) is 0. The first-order valence-corrected chi connectivity index (χ1v) is 11.6. The highest BCUT2D eigenvalue weighted by Crippen LogP contribution is 2.23. The largest absolute Gasteiger partial charge is 0.356 e. The van der Waals surface area contributed by atoms with E-state index in [-0.39, 0.29) is 17.4 Å². The van der Waals surface area contributed by atoms with Crippen molar-refractivity contribution in [3.05, 3.63) is 82.0 Å². The summed E-state index contributed by atoms with van der Waals surface area (Å²) in [6.07, 6.45) is 4.18. The van der Waals surface area contributed by atoms with Gasteiger partial charge in [0.25, 0.3) is 5.56 Å². The van der Waals surface area contributed by atoms with Gasteiger partial charge in [-0.05, 0) is 44.2 Å². The van der Waals surface area contributed by atoms with Gasteiger partial charge < -0.3 is 15.3 Å². The minimum atomic E-state index is -0.107. The second-order valence-electron chi connectivity index (χ2n) is 8.58. The average Bonchev–Trinajstić information content (AvgIpc) is 3.13. The van der Waals surface area contributed by atoms with Gasteiger partial charge >= 0.3 is 0 Å². The fraction of sp³-hybridized carbons (Fsp3) is 0.308. The van der Waals surface area contributed by atoms with Gasteiger partial charge in [-0.2, -0.15) is 0 Å². The third-order valence-electron chi connectivity index (χ3n) is 6.32. The zero-order chi connectivity index (χ0) is 22.6. The molecule has 2 aromatic carbocycles. The Balaban J connectivity index is 1.16. The van der Waals surface area contributed by atoms with Crippen molar-refractivity contribution in [2.75, 3.05) is 6.54 Å². The molecule has 168 valence electrons. The van der Waals surface area contributed by atoms with Crippen LogP contribution in [-0.2, 0) is 24.1 Å². The SMILES string of the molecule is O=C(NCCCc1nc2ccccc2[nH]1)C1CCc2nc(-c3ccccc3)[nH]c(=O)c2CC1. The number of imidazole rings is 1. The molecule has 5 rings (SSSR count). The lowest BCUT2D eigenvalue weighted by Gasteiger charge is -2.13. The van der Waals surface area contributed by atoms with Crippen molar-refractivity contribution in [2.24, 2.45) is 5.92 Å². The van der Waals surface area contributed by atoms with Crippen LogP contribution in [-0.4, -0.2) is 32.4 Å². The van der Waals surface area contributed by atoms with Crippen molar-refractivity contribution < 1.29 is 4.79 Å². The van der Waals surface area contributed by atoms with Crippen molar-refractivity contribution in [3.63, 3.8) is 0 Å². The highest BCUT2D eigenvalue weighted by atomic mass is 16.2. The number of carbonyl (C=O) groups excluding carboxylic acids is 1. The predicted octanol–water partition coefficient (Wildman–Crippen LogP) is 3.56. The summed E-state index contributed by atoms with van der Waals surface area (Å²) in [4.78, 5) is 41.0. The van der Waals surface area contributed by atoms with E-state index in [0.29, 0.717) is 38.1 Å². The molecule has 0 spiro atoms. The Hall–Kier alpha value is -3.74. The van der Waals surface area contributed by atoms with Crippen LogP contribution in [0.15, 0.2) is 59.4 Å². The van der Waals surface area contributed by atoms with Crippen LogP contribution in [0.3, 0.4) is 0 Å². The topological polar surface area (TPSA) is 104 Å². The molecule has 33 heavy (non-hydrogen) atoms. The molecule has 0 saturated carbocycles. The molecule has 2 heterocycles. The number of H-pyrrole nitrogens is 2. The van der Waals surface area contributed by atoms with Crippen molar-refractivity contribution in [3.8, 4) is 11.4 Å². The average molecular weight is 442 g/mol. The Morgan fingerprint density at radius 2 is 1.76 bits per heavy atom. The molecule has 7 nitrogen and oxygen atoms in total. The summed E-state index contributed by atoms with van der Waals surface area (Å²) in [5.74, 6) is 1.49. The van der Waals surface area contributed by atoms with E-state index in [0.717, 1.165) is 46.5 Å². The fourth-order valence-electron chi connectivity index (χ4n) is 4.51. The first kappa shape index (κ1) is 21.1. The summed E-state index contributed by atoms with van der Waals surface area (Å²) < 4.78 is 0. The highest BCUT2D eigenvalue weighted by Gasteiger charge is 2.25. The van der Waals surface area contributed by atoms with Gasteiger partial charge in [0, 0.05) is 30.0 Å². The van der Waals surface area contributed by atoms with E-state index in [1.54, 1.807) is 0 Å². The molecule has 3 N–H and O–H groups in total. The fourth-order valence-corrected chi connectivity index (χ4v) is 4.51. The number of benzene rings is 2. The Kier molecular flexibility index (Phi) is 6.02. The molecule has 4 aromatic rings. The third kappa shape index (κ3) is 4.72. The van der Waals surface area contributed by atoms with Crippen LogP contribution in [0.5, 0.6) is 0 Å². The van der Waals surface area contributed by atoms with Gasteiger partial charge in [0.05, 0.1) is 16.7 Å². The van der Waals surface area contributed by atoms with E-state index in [2.05, 4.69) is 20.3 Å². The van der Waals surface area contributed by atoms with E-state index in [4.69, 9.17) is 4.98 Å². The molecule has 0 aliphatic heterocycles. The number of amides is 1. The third-order valence-corrected chi connectivity index (χ3v) is 6.32. The van der Waals surface area contributed by atoms with Gasteiger partial charge in [0.1, 0.15) is 11.6 Å². The number of hydrogen-bond donors (Lipinski definition) is 3. The molecule has 0 saturated heterocycles. The van der Waals surface area contributed by atoms with Gasteiger partial charge in [-0.1, -0.05) is 42.5 Å². The van der Waals surface area contributed by atoms with Crippen molar-refractivity contribution in [1.29, 1.82) is 0 Å². The maximum absolute atomic E-state index is 12.8. The van der Waals surface area contributed by atoms with E-state index in [9.17, 15) is 9.59 Å². The van der Waals surface area contributed by atoms with Crippen LogP contribution < -0.4 is 10.9 Å². The number of nitrogens with zero attached hydrogens (tertiary/aromatic N) is 2. The van der Waals surface area contributed by atoms with Gasteiger partial charge in [0.15, 0.2) is 0 Å². The van der Waals surface area contributed by atoms with Crippen LogP contribution >= 0.6 is 0 Å². The molecule has 7 heteroatoms. The maximum Gasteiger partial charge on any atom is 0.254 e. The lowest BCUT2D eigenvalue weighted by Crippen LogP contribution is -2.32.